The number of rotatable bonds is 2. The van der Waals surface area contributed by atoms with Crippen LogP contribution in [0.3, 0.4) is 0 Å². The fourth-order valence-electron chi connectivity index (χ4n) is 3.19. The van der Waals surface area contributed by atoms with Crippen LogP contribution in [-0.4, -0.2) is 0 Å². The van der Waals surface area contributed by atoms with Crippen molar-refractivity contribution >= 4 is 27.1 Å². The first-order valence-electron chi connectivity index (χ1n) is 7.90. The van der Waals surface area contributed by atoms with E-state index in [4.69, 9.17) is 0 Å². The summed E-state index contributed by atoms with van der Waals surface area (Å²) in [5.74, 6) is 0. The summed E-state index contributed by atoms with van der Waals surface area (Å²) in [6.07, 6.45) is 0. The highest BCUT2D eigenvalue weighted by Crippen LogP contribution is 2.30. The standard InChI is InChI=1S/C23H18/c1-16(2)22-9-5-8-18-11-13-21(15-23(18)22)20-12-10-17-6-3-4-7-19(17)14-20/h3-15H,1H2,2H3. The van der Waals surface area contributed by atoms with E-state index in [2.05, 4.69) is 92.4 Å². The second-order valence-corrected chi connectivity index (χ2v) is 6.08. The predicted molar refractivity (Wildman–Crippen MR) is 102 cm³/mol. The lowest BCUT2D eigenvalue weighted by atomic mass is 9.95. The first-order chi connectivity index (χ1) is 11.2. The second-order valence-electron chi connectivity index (χ2n) is 6.08. The van der Waals surface area contributed by atoms with E-state index in [9.17, 15) is 0 Å². The molecular weight excluding hydrogens is 276 g/mol. The Kier molecular flexibility index (Phi) is 3.24. The zero-order chi connectivity index (χ0) is 15.8. The van der Waals surface area contributed by atoms with E-state index in [0.29, 0.717) is 0 Å². The van der Waals surface area contributed by atoms with Crippen molar-refractivity contribution in [3.8, 4) is 11.1 Å². The van der Waals surface area contributed by atoms with E-state index in [1.54, 1.807) is 0 Å². The largest absolute Gasteiger partial charge is 0.0955 e. The summed E-state index contributed by atoms with van der Waals surface area (Å²) in [6, 6.07) is 28.2. The van der Waals surface area contributed by atoms with Gasteiger partial charge in [0, 0.05) is 0 Å². The molecule has 4 aromatic carbocycles. The summed E-state index contributed by atoms with van der Waals surface area (Å²) in [7, 11) is 0. The zero-order valence-corrected chi connectivity index (χ0v) is 13.2. The molecule has 4 aromatic rings. The molecule has 0 fully saturated rings. The molecule has 4 rings (SSSR count). The topological polar surface area (TPSA) is 0 Å². The van der Waals surface area contributed by atoms with Crippen LogP contribution in [0.4, 0.5) is 0 Å². The number of hydrogen-bond donors (Lipinski definition) is 0. The van der Waals surface area contributed by atoms with Gasteiger partial charge in [0.05, 0.1) is 0 Å². The highest BCUT2D eigenvalue weighted by atomic mass is 14.1. The minimum atomic E-state index is 1.10. The Hall–Kier alpha value is -2.86. The smallest absolute Gasteiger partial charge is 0.0103 e. The van der Waals surface area contributed by atoms with Crippen molar-refractivity contribution in [1.29, 1.82) is 0 Å². The number of hydrogen-bond acceptors (Lipinski definition) is 0. The van der Waals surface area contributed by atoms with Gasteiger partial charge in [-0.3, -0.25) is 0 Å². The number of benzene rings is 4. The van der Waals surface area contributed by atoms with Crippen molar-refractivity contribution in [1.82, 2.24) is 0 Å². The van der Waals surface area contributed by atoms with Gasteiger partial charge >= 0.3 is 0 Å². The van der Waals surface area contributed by atoms with Crippen molar-refractivity contribution in [3.05, 3.63) is 91.0 Å². The van der Waals surface area contributed by atoms with Crippen LogP contribution < -0.4 is 0 Å². The highest BCUT2D eigenvalue weighted by Gasteiger charge is 2.05. The molecule has 0 spiro atoms. The summed E-state index contributed by atoms with van der Waals surface area (Å²) >= 11 is 0. The lowest BCUT2D eigenvalue weighted by Crippen LogP contribution is -1.85. The SMILES string of the molecule is C=C(C)c1cccc2ccc(-c3ccc4ccccc4c3)cc12. The molecular formula is C23H18. The summed E-state index contributed by atoms with van der Waals surface area (Å²) in [4.78, 5) is 0. The fourth-order valence-corrected chi connectivity index (χ4v) is 3.19. The molecule has 0 heterocycles. The van der Waals surface area contributed by atoms with E-state index in [0.717, 1.165) is 5.57 Å². The molecule has 0 saturated heterocycles. The number of allylic oxidation sites excluding steroid dienone is 1. The molecule has 0 radical (unpaired) electrons. The Labute approximate surface area is 136 Å². The van der Waals surface area contributed by atoms with Gasteiger partial charge in [-0.2, -0.15) is 0 Å². The van der Waals surface area contributed by atoms with Crippen molar-refractivity contribution < 1.29 is 0 Å². The van der Waals surface area contributed by atoms with E-state index in [1.807, 2.05) is 0 Å². The van der Waals surface area contributed by atoms with Gasteiger partial charge in [-0.1, -0.05) is 78.9 Å². The summed E-state index contributed by atoms with van der Waals surface area (Å²) < 4.78 is 0. The lowest BCUT2D eigenvalue weighted by Gasteiger charge is -2.10. The zero-order valence-electron chi connectivity index (χ0n) is 13.2. The van der Waals surface area contributed by atoms with Crippen LogP contribution in [0.1, 0.15) is 12.5 Å². The molecule has 0 nitrogen and oxygen atoms in total. The predicted octanol–water partition coefficient (Wildman–Crippen LogP) is 6.69. The Balaban J connectivity index is 1.93. The van der Waals surface area contributed by atoms with Crippen molar-refractivity contribution in [3.63, 3.8) is 0 Å². The van der Waals surface area contributed by atoms with Crippen LogP contribution in [-0.2, 0) is 0 Å². The van der Waals surface area contributed by atoms with Gasteiger partial charge in [-0.05, 0) is 57.3 Å². The Bertz CT molecular complexity index is 1040. The molecule has 0 aliphatic heterocycles. The normalized spacial score (nSPS) is 11.0. The third-order valence-corrected chi connectivity index (χ3v) is 4.42. The molecule has 0 aliphatic rings. The average molecular weight is 294 g/mol. The molecule has 0 unspecified atom stereocenters. The van der Waals surface area contributed by atoms with Gasteiger partial charge < -0.3 is 0 Å². The van der Waals surface area contributed by atoms with Crippen LogP contribution in [0.2, 0.25) is 0 Å². The van der Waals surface area contributed by atoms with Crippen molar-refractivity contribution in [2.24, 2.45) is 0 Å². The van der Waals surface area contributed by atoms with E-state index in [1.165, 1.54) is 38.2 Å². The van der Waals surface area contributed by atoms with Gasteiger partial charge in [0.1, 0.15) is 0 Å². The molecule has 0 atom stereocenters. The molecule has 0 N–H and O–H groups in total. The Morgan fingerprint density at radius 1 is 0.652 bits per heavy atom. The fraction of sp³-hybridized carbons (Fsp3) is 0.0435. The maximum atomic E-state index is 4.12. The Morgan fingerprint density at radius 2 is 1.30 bits per heavy atom. The second kappa shape index (κ2) is 5.40. The molecule has 110 valence electrons. The highest BCUT2D eigenvalue weighted by molar-refractivity contribution is 5.96. The minimum Gasteiger partial charge on any atom is -0.0955 e. The van der Waals surface area contributed by atoms with Crippen LogP contribution >= 0.6 is 0 Å². The number of fused-ring (bicyclic) bond motifs is 2. The first-order valence-corrected chi connectivity index (χ1v) is 7.90. The van der Waals surface area contributed by atoms with Crippen molar-refractivity contribution in [2.45, 2.75) is 6.92 Å². The van der Waals surface area contributed by atoms with Gasteiger partial charge in [0.2, 0.25) is 0 Å². The van der Waals surface area contributed by atoms with Crippen molar-refractivity contribution in [2.75, 3.05) is 0 Å². The van der Waals surface area contributed by atoms with E-state index < -0.39 is 0 Å². The first kappa shape index (κ1) is 13.8. The Morgan fingerprint density at radius 3 is 2.09 bits per heavy atom. The van der Waals surface area contributed by atoms with Gasteiger partial charge in [0.25, 0.3) is 0 Å². The molecule has 0 heteroatoms. The molecule has 23 heavy (non-hydrogen) atoms. The summed E-state index contributed by atoms with van der Waals surface area (Å²) in [5.41, 5.74) is 4.83. The van der Waals surface area contributed by atoms with Crippen LogP contribution in [0, 0.1) is 0 Å². The van der Waals surface area contributed by atoms with Crippen LogP contribution in [0.25, 0.3) is 38.2 Å². The van der Waals surface area contributed by atoms with Crippen LogP contribution in [0.15, 0.2) is 85.4 Å². The van der Waals surface area contributed by atoms with E-state index >= 15 is 0 Å². The van der Waals surface area contributed by atoms with Gasteiger partial charge in [-0.15, -0.1) is 0 Å². The third-order valence-electron chi connectivity index (χ3n) is 4.42. The minimum absolute atomic E-state index is 1.10. The molecule has 0 amide bonds. The molecule has 0 aliphatic carbocycles. The van der Waals surface area contributed by atoms with Gasteiger partial charge in [-0.25, -0.2) is 0 Å². The monoisotopic (exact) mass is 294 g/mol. The quantitative estimate of drug-likeness (QED) is 0.386. The lowest BCUT2D eigenvalue weighted by molar-refractivity contribution is 1.62. The maximum Gasteiger partial charge on any atom is -0.0103 e. The summed E-state index contributed by atoms with van der Waals surface area (Å²) in [5, 5.41) is 5.08. The van der Waals surface area contributed by atoms with Gasteiger partial charge in [0.15, 0.2) is 0 Å². The summed E-state index contributed by atoms with van der Waals surface area (Å²) in [6.45, 7) is 6.19. The maximum absolute atomic E-state index is 4.12. The van der Waals surface area contributed by atoms with E-state index in [-0.39, 0.29) is 0 Å². The molecule has 0 bridgehead atoms. The molecule has 0 aromatic heterocycles. The third kappa shape index (κ3) is 2.43. The molecule has 0 saturated carbocycles. The average Bonchev–Trinajstić information content (AvgIpc) is 2.60. The van der Waals surface area contributed by atoms with Crippen LogP contribution in [0.5, 0.6) is 0 Å².